The molecule has 8 heteroatoms. The highest BCUT2D eigenvalue weighted by atomic mass is 16.3. The molecule has 1 aliphatic rings. The highest BCUT2D eigenvalue weighted by molar-refractivity contribution is 5.93. The standard InChI is InChI=1S/C20H21N5O3/c1-23(2)18-7-8-19(22-21-18)24-9-11-25(12-10-24)20(27)17-13-15(26)14-5-3-4-6-16(14)28-17/h3-8,13H,9-12H2,1-2H3. The third-order valence-corrected chi connectivity index (χ3v) is 4.83. The number of piperazine rings is 1. The van der Waals surface area contributed by atoms with E-state index in [0.717, 1.165) is 11.6 Å². The fraction of sp³-hybridized carbons (Fsp3) is 0.300. The molecule has 0 N–H and O–H groups in total. The number of anilines is 2. The summed E-state index contributed by atoms with van der Waals surface area (Å²) >= 11 is 0. The average Bonchev–Trinajstić information content (AvgIpc) is 2.73. The van der Waals surface area contributed by atoms with Crippen LogP contribution in [0.1, 0.15) is 10.6 Å². The molecule has 1 aliphatic heterocycles. The summed E-state index contributed by atoms with van der Waals surface area (Å²) in [6, 6.07) is 12.1. The SMILES string of the molecule is CN(C)c1ccc(N2CCN(C(=O)c3cc(=O)c4ccccc4o3)CC2)nn1. The van der Waals surface area contributed by atoms with E-state index in [-0.39, 0.29) is 17.1 Å². The molecule has 1 saturated heterocycles. The molecule has 0 bridgehead atoms. The summed E-state index contributed by atoms with van der Waals surface area (Å²) in [5.41, 5.74) is 0.216. The molecule has 4 rings (SSSR count). The summed E-state index contributed by atoms with van der Waals surface area (Å²) in [7, 11) is 3.83. The molecule has 0 radical (unpaired) electrons. The highest BCUT2D eigenvalue weighted by Gasteiger charge is 2.25. The number of para-hydroxylation sites is 1. The number of rotatable bonds is 3. The Kier molecular flexibility index (Phi) is 4.68. The Labute approximate surface area is 162 Å². The van der Waals surface area contributed by atoms with Gasteiger partial charge in [-0.1, -0.05) is 12.1 Å². The molecule has 0 unspecified atom stereocenters. The van der Waals surface area contributed by atoms with Crippen molar-refractivity contribution in [1.29, 1.82) is 0 Å². The second-order valence-corrected chi connectivity index (χ2v) is 6.89. The molecule has 28 heavy (non-hydrogen) atoms. The fourth-order valence-corrected chi connectivity index (χ4v) is 3.23. The predicted octanol–water partition coefficient (Wildman–Crippen LogP) is 1.61. The molecule has 1 amide bonds. The number of carbonyl (C=O) groups excluding carboxylic acids is 1. The van der Waals surface area contributed by atoms with Gasteiger partial charge in [-0.15, -0.1) is 10.2 Å². The van der Waals surface area contributed by atoms with Crippen LogP contribution in [-0.4, -0.2) is 61.3 Å². The van der Waals surface area contributed by atoms with Crippen molar-refractivity contribution < 1.29 is 9.21 Å². The summed E-state index contributed by atoms with van der Waals surface area (Å²) in [5, 5.41) is 8.94. The molecular formula is C20H21N5O3. The number of benzene rings is 1. The number of nitrogens with zero attached hydrogens (tertiary/aromatic N) is 5. The van der Waals surface area contributed by atoms with E-state index < -0.39 is 0 Å². The van der Waals surface area contributed by atoms with Crippen molar-refractivity contribution in [3.05, 3.63) is 58.4 Å². The van der Waals surface area contributed by atoms with E-state index in [4.69, 9.17) is 4.42 Å². The first-order valence-corrected chi connectivity index (χ1v) is 9.11. The Hall–Kier alpha value is -3.42. The van der Waals surface area contributed by atoms with Gasteiger partial charge < -0.3 is 19.1 Å². The van der Waals surface area contributed by atoms with Gasteiger partial charge in [0.1, 0.15) is 5.58 Å². The lowest BCUT2D eigenvalue weighted by Gasteiger charge is -2.34. The van der Waals surface area contributed by atoms with Crippen LogP contribution in [0.4, 0.5) is 11.6 Å². The molecule has 2 aromatic heterocycles. The van der Waals surface area contributed by atoms with E-state index >= 15 is 0 Å². The van der Waals surface area contributed by atoms with Crippen LogP contribution >= 0.6 is 0 Å². The Balaban J connectivity index is 1.46. The Morgan fingerprint density at radius 3 is 2.46 bits per heavy atom. The van der Waals surface area contributed by atoms with Crippen LogP contribution in [0.5, 0.6) is 0 Å². The van der Waals surface area contributed by atoms with E-state index in [1.807, 2.05) is 31.1 Å². The van der Waals surface area contributed by atoms with Crippen molar-refractivity contribution in [2.24, 2.45) is 0 Å². The van der Waals surface area contributed by atoms with Crippen molar-refractivity contribution in [3.8, 4) is 0 Å². The number of fused-ring (bicyclic) bond motifs is 1. The van der Waals surface area contributed by atoms with Crippen molar-refractivity contribution in [2.75, 3.05) is 50.1 Å². The second-order valence-electron chi connectivity index (χ2n) is 6.89. The van der Waals surface area contributed by atoms with Crippen LogP contribution in [0, 0.1) is 0 Å². The zero-order valence-corrected chi connectivity index (χ0v) is 15.8. The number of amides is 1. The van der Waals surface area contributed by atoms with Crippen LogP contribution in [0.15, 0.2) is 51.7 Å². The molecule has 1 fully saturated rings. The van der Waals surface area contributed by atoms with Crippen LogP contribution in [-0.2, 0) is 0 Å². The minimum Gasteiger partial charge on any atom is -0.451 e. The summed E-state index contributed by atoms with van der Waals surface area (Å²) in [5.74, 6) is 1.39. The maximum atomic E-state index is 12.8. The zero-order chi connectivity index (χ0) is 19.7. The predicted molar refractivity (Wildman–Crippen MR) is 107 cm³/mol. The smallest absolute Gasteiger partial charge is 0.289 e. The second kappa shape index (κ2) is 7.30. The molecular weight excluding hydrogens is 358 g/mol. The number of hydrogen-bond donors (Lipinski definition) is 0. The van der Waals surface area contributed by atoms with Gasteiger partial charge in [-0.3, -0.25) is 9.59 Å². The lowest BCUT2D eigenvalue weighted by Crippen LogP contribution is -2.49. The van der Waals surface area contributed by atoms with Crippen LogP contribution < -0.4 is 15.2 Å². The average molecular weight is 379 g/mol. The van der Waals surface area contributed by atoms with Gasteiger partial charge in [0.15, 0.2) is 22.8 Å². The largest absolute Gasteiger partial charge is 0.451 e. The molecule has 0 atom stereocenters. The van der Waals surface area contributed by atoms with Gasteiger partial charge in [0.25, 0.3) is 5.91 Å². The monoisotopic (exact) mass is 379 g/mol. The van der Waals surface area contributed by atoms with E-state index in [1.165, 1.54) is 6.07 Å². The van der Waals surface area contributed by atoms with Gasteiger partial charge in [0.2, 0.25) is 0 Å². The minimum absolute atomic E-state index is 0.0762. The van der Waals surface area contributed by atoms with E-state index in [2.05, 4.69) is 15.1 Å². The normalized spacial score (nSPS) is 14.4. The minimum atomic E-state index is -0.267. The molecule has 3 heterocycles. The van der Waals surface area contributed by atoms with Crippen LogP contribution in [0.3, 0.4) is 0 Å². The number of hydrogen-bond acceptors (Lipinski definition) is 7. The van der Waals surface area contributed by atoms with Gasteiger partial charge >= 0.3 is 0 Å². The van der Waals surface area contributed by atoms with Gasteiger partial charge in [0, 0.05) is 46.3 Å². The molecule has 3 aromatic rings. The first kappa shape index (κ1) is 18.0. The first-order chi connectivity index (χ1) is 13.5. The molecule has 144 valence electrons. The topological polar surface area (TPSA) is 82.8 Å². The quantitative estimate of drug-likeness (QED) is 0.684. The Morgan fingerprint density at radius 1 is 1.04 bits per heavy atom. The summed E-state index contributed by atoms with van der Waals surface area (Å²) in [6.07, 6.45) is 0. The van der Waals surface area contributed by atoms with Crippen molar-refractivity contribution in [1.82, 2.24) is 15.1 Å². The summed E-state index contributed by atoms with van der Waals surface area (Å²) in [4.78, 5) is 30.7. The maximum Gasteiger partial charge on any atom is 0.289 e. The van der Waals surface area contributed by atoms with Gasteiger partial charge in [-0.05, 0) is 24.3 Å². The van der Waals surface area contributed by atoms with Crippen molar-refractivity contribution in [2.45, 2.75) is 0 Å². The molecule has 0 saturated carbocycles. The number of carbonyl (C=O) groups is 1. The Bertz CT molecular complexity index is 1050. The van der Waals surface area contributed by atoms with E-state index in [0.29, 0.717) is 37.1 Å². The summed E-state index contributed by atoms with van der Waals surface area (Å²) < 4.78 is 5.67. The lowest BCUT2D eigenvalue weighted by molar-refractivity contribution is 0.0715. The van der Waals surface area contributed by atoms with Gasteiger partial charge in [-0.2, -0.15) is 0 Å². The van der Waals surface area contributed by atoms with Gasteiger partial charge in [0.05, 0.1) is 5.39 Å². The lowest BCUT2D eigenvalue weighted by atomic mass is 10.2. The highest BCUT2D eigenvalue weighted by Crippen LogP contribution is 2.18. The molecule has 0 spiro atoms. The first-order valence-electron chi connectivity index (χ1n) is 9.11. The molecule has 0 aliphatic carbocycles. The number of aromatic nitrogens is 2. The zero-order valence-electron chi connectivity index (χ0n) is 15.8. The van der Waals surface area contributed by atoms with Crippen LogP contribution in [0.2, 0.25) is 0 Å². The summed E-state index contributed by atoms with van der Waals surface area (Å²) in [6.45, 7) is 2.32. The Morgan fingerprint density at radius 2 is 1.79 bits per heavy atom. The maximum absolute atomic E-state index is 12.8. The van der Waals surface area contributed by atoms with E-state index in [1.54, 1.807) is 29.2 Å². The fourth-order valence-electron chi connectivity index (χ4n) is 3.23. The van der Waals surface area contributed by atoms with Crippen molar-refractivity contribution in [3.63, 3.8) is 0 Å². The third-order valence-electron chi connectivity index (χ3n) is 4.83. The van der Waals surface area contributed by atoms with Crippen molar-refractivity contribution >= 4 is 28.5 Å². The molecule has 8 nitrogen and oxygen atoms in total. The van der Waals surface area contributed by atoms with E-state index in [9.17, 15) is 9.59 Å². The van der Waals surface area contributed by atoms with Gasteiger partial charge in [-0.25, -0.2) is 0 Å². The third kappa shape index (κ3) is 3.40. The molecule has 1 aromatic carbocycles. The van der Waals surface area contributed by atoms with Crippen LogP contribution in [0.25, 0.3) is 11.0 Å².